The third-order valence-electron chi connectivity index (χ3n) is 4.99. The van der Waals surface area contributed by atoms with Gasteiger partial charge in [-0.25, -0.2) is 0 Å². The number of furan rings is 1. The van der Waals surface area contributed by atoms with Crippen molar-refractivity contribution >= 4 is 16.9 Å². The van der Waals surface area contributed by atoms with Crippen LogP contribution in [0, 0.1) is 6.92 Å². The average Bonchev–Trinajstić information content (AvgIpc) is 3.20. The molecule has 5 nitrogen and oxygen atoms in total. The molecule has 2 heterocycles. The summed E-state index contributed by atoms with van der Waals surface area (Å²) in [4.78, 5) is 6.86. The normalized spacial score (nSPS) is 19.1. The molecule has 24 heavy (non-hydrogen) atoms. The van der Waals surface area contributed by atoms with Crippen LogP contribution in [-0.2, 0) is 6.54 Å². The summed E-state index contributed by atoms with van der Waals surface area (Å²) in [6.45, 7) is 8.25. The largest absolute Gasteiger partial charge is 0.459 e. The third-order valence-corrected chi connectivity index (χ3v) is 4.99. The monoisotopic (exact) mass is 328 g/mol. The molecular formula is C19H28N4O. The van der Waals surface area contributed by atoms with E-state index in [2.05, 4.69) is 40.4 Å². The van der Waals surface area contributed by atoms with E-state index in [9.17, 15) is 0 Å². The number of aryl methyl sites for hydroxylation is 1. The second-order valence-electron chi connectivity index (χ2n) is 6.38. The van der Waals surface area contributed by atoms with E-state index in [0.717, 1.165) is 30.4 Å². The number of rotatable bonds is 5. The third kappa shape index (κ3) is 3.56. The van der Waals surface area contributed by atoms with Crippen LogP contribution in [0.3, 0.4) is 0 Å². The molecule has 1 atom stereocenters. The molecule has 0 bridgehead atoms. The maximum Gasteiger partial charge on any atom is 0.191 e. The number of nitrogens with zero attached hydrogens (tertiary/aromatic N) is 2. The highest BCUT2D eigenvalue weighted by Crippen LogP contribution is 2.24. The molecule has 1 aromatic carbocycles. The second kappa shape index (κ2) is 7.71. The number of aliphatic imine (C=N–C) groups is 1. The molecule has 130 valence electrons. The predicted octanol–water partition coefficient (Wildman–Crippen LogP) is 2.89. The summed E-state index contributed by atoms with van der Waals surface area (Å²) in [5, 5.41) is 8.01. The summed E-state index contributed by atoms with van der Waals surface area (Å²) >= 11 is 0. The summed E-state index contributed by atoms with van der Waals surface area (Å²) in [6.07, 6.45) is 2.56. The lowest BCUT2D eigenvalue weighted by atomic mass is 10.1. The number of para-hydroxylation sites is 1. The number of nitrogens with one attached hydrogen (secondary N) is 2. The molecule has 3 rings (SSSR count). The van der Waals surface area contributed by atoms with Crippen molar-refractivity contribution in [3.63, 3.8) is 0 Å². The van der Waals surface area contributed by atoms with E-state index in [0.29, 0.717) is 12.6 Å². The van der Waals surface area contributed by atoms with Gasteiger partial charge in [-0.2, -0.15) is 0 Å². The molecule has 0 radical (unpaired) electrons. The second-order valence-corrected chi connectivity index (χ2v) is 6.38. The zero-order chi connectivity index (χ0) is 16.9. The molecule has 0 aliphatic carbocycles. The first-order chi connectivity index (χ1) is 11.7. The van der Waals surface area contributed by atoms with Gasteiger partial charge in [-0.1, -0.05) is 25.1 Å². The predicted molar refractivity (Wildman–Crippen MR) is 99.4 cm³/mol. The maximum absolute atomic E-state index is 5.95. The number of likely N-dealkylation sites (N-methyl/N-ethyl adjacent to an activating group) is 1. The fourth-order valence-corrected chi connectivity index (χ4v) is 3.54. The van der Waals surface area contributed by atoms with Crippen LogP contribution in [0.5, 0.6) is 0 Å². The van der Waals surface area contributed by atoms with Gasteiger partial charge >= 0.3 is 0 Å². The summed E-state index contributed by atoms with van der Waals surface area (Å²) in [5.41, 5.74) is 2.14. The zero-order valence-electron chi connectivity index (χ0n) is 14.9. The number of fused-ring (bicyclic) bond motifs is 1. The standard InChI is InChI=1S/C19H28N4O/c1-4-23-11-7-8-15(23)12-21-19(20-3)22-13-18-14(2)16-9-5-6-10-17(16)24-18/h5-6,9-10,15H,4,7-8,11-13H2,1-3H3,(H2,20,21,22). The van der Waals surface area contributed by atoms with E-state index in [-0.39, 0.29) is 0 Å². The topological polar surface area (TPSA) is 52.8 Å². The van der Waals surface area contributed by atoms with Crippen LogP contribution in [0.4, 0.5) is 0 Å². The minimum atomic E-state index is 0.612. The van der Waals surface area contributed by atoms with Gasteiger partial charge in [0, 0.05) is 30.6 Å². The van der Waals surface area contributed by atoms with Gasteiger partial charge in [0.1, 0.15) is 11.3 Å². The van der Waals surface area contributed by atoms with E-state index in [1.807, 2.05) is 25.2 Å². The minimum absolute atomic E-state index is 0.612. The van der Waals surface area contributed by atoms with Gasteiger partial charge in [-0.3, -0.25) is 9.89 Å². The van der Waals surface area contributed by atoms with Gasteiger partial charge in [0.25, 0.3) is 0 Å². The van der Waals surface area contributed by atoms with Gasteiger partial charge in [0.15, 0.2) is 5.96 Å². The number of benzene rings is 1. The quantitative estimate of drug-likeness (QED) is 0.654. The van der Waals surface area contributed by atoms with Crippen LogP contribution < -0.4 is 10.6 Å². The number of guanidine groups is 1. The Bertz CT molecular complexity index is 706. The van der Waals surface area contributed by atoms with E-state index in [1.165, 1.54) is 30.3 Å². The van der Waals surface area contributed by atoms with E-state index >= 15 is 0 Å². The van der Waals surface area contributed by atoms with E-state index in [1.54, 1.807) is 0 Å². The summed E-state index contributed by atoms with van der Waals surface area (Å²) in [5.74, 6) is 1.80. The van der Waals surface area contributed by atoms with E-state index in [4.69, 9.17) is 4.42 Å². The Hall–Kier alpha value is -2.01. The Labute approximate surface area is 144 Å². The van der Waals surface area contributed by atoms with Crippen molar-refractivity contribution in [1.29, 1.82) is 0 Å². The molecule has 1 aliphatic heterocycles. The van der Waals surface area contributed by atoms with Gasteiger partial charge < -0.3 is 15.1 Å². The van der Waals surface area contributed by atoms with Crippen LogP contribution in [0.1, 0.15) is 31.1 Å². The van der Waals surface area contributed by atoms with Gasteiger partial charge in [0.2, 0.25) is 0 Å². The zero-order valence-corrected chi connectivity index (χ0v) is 14.9. The summed E-state index contributed by atoms with van der Waals surface area (Å²) in [7, 11) is 1.81. The van der Waals surface area contributed by atoms with Crippen molar-refractivity contribution in [2.75, 3.05) is 26.7 Å². The Morgan fingerprint density at radius 2 is 2.17 bits per heavy atom. The Morgan fingerprint density at radius 3 is 2.92 bits per heavy atom. The number of likely N-dealkylation sites (tertiary alicyclic amines) is 1. The van der Waals surface area contributed by atoms with Gasteiger partial charge in [0.05, 0.1) is 6.54 Å². The van der Waals surface area contributed by atoms with Gasteiger partial charge in [-0.15, -0.1) is 0 Å². The first kappa shape index (κ1) is 16.8. The lowest BCUT2D eigenvalue weighted by Gasteiger charge is -2.23. The minimum Gasteiger partial charge on any atom is -0.459 e. The van der Waals surface area contributed by atoms with Crippen LogP contribution in [-0.4, -0.2) is 43.6 Å². The lowest BCUT2D eigenvalue weighted by Crippen LogP contribution is -2.44. The molecule has 1 unspecified atom stereocenters. The lowest BCUT2D eigenvalue weighted by molar-refractivity contribution is 0.267. The van der Waals surface area contributed by atoms with E-state index < -0.39 is 0 Å². The van der Waals surface area contributed by atoms with Crippen molar-refractivity contribution in [3.05, 3.63) is 35.6 Å². The molecule has 2 N–H and O–H groups in total. The fourth-order valence-electron chi connectivity index (χ4n) is 3.54. The fraction of sp³-hybridized carbons (Fsp3) is 0.526. The van der Waals surface area contributed by atoms with Crippen LogP contribution in [0.25, 0.3) is 11.0 Å². The summed E-state index contributed by atoms with van der Waals surface area (Å²) in [6, 6.07) is 8.78. The molecule has 0 spiro atoms. The van der Waals surface area contributed by atoms with Crippen molar-refractivity contribution in [2.45, 2.75) is 39.3 Å². The maximum atomic E-state index is 5.95. The molecule has 1 fully saturated rings. The highest BCUT2D eigenvalue weighted by atomic mass is 16.3. The van der Waals surface area contributed by atoms with Crippen LogP contribution >= 0.6 is 0 Å². The first-order valence-electron chi connectivity index (χ1n) is 8.88. The molecule has 2 aromatic rings. The van der Waals surface area contributed by atoms with Crippen molar-refractivity contribution in [2.24, 2.45) is 4.99 Å². The van der Waals surface area contributed by atoms with Crippen molar-refractivity contribution in [1.82, 2.24) is 15.5 Å². The molecule has 0 amide bonds. The summed E-state index contributed by atoms with van der Waals surface area (Å²) < 4.78 is 5.95. The molecular weight excluding hydrogens is 300 g/mol. The molecule has 0 saturated carbocycles. The van der Waals surface area contributed by atoms with Crippen molar-refractivity contribution in [3.8, 4) is 0 Å². The highest BCUT2D eigenvalue weighted by molar-refractivity contribution is 5.82. The Kier molecular flexibility index (Phi) is 5.41. The average molecular weight is 328 g/mol. The first-order valence-corrected chi connectivity index (χ1v) is 8.88. The Morgan fingerprint density at radius 1 is 1.33 bits per heavy atom. The van der Waals surface area contributed by atoms with Gasteiger partial charge in [-0.05, 0) is 38.9 Å². The molecule has 1 saturated heterocycles. The van der Waals surface area contributed by atoms with Crippen LogP contribution in [0.2, 0.25) is 0 Å². The van der Waals surface area contributed by atoms with Crippen molar-refractivity contribution < 1.29 is 4.42 Å². The molecule has 1 aromatic heterocycles. The SMILES string of the molecule is CCN1CCCC1CNC(=NC)NCc1oc2ccccc2c1C. The number of hydrogen-bond acceptors (Lipinski definition) is 3. The number of hydrogen-bond donors (Lipinski definition) is 2. The van der Waals surface area contributed by atoms with Crippen LogP contribution in [0.15, 0.2) is 33.7 Å². The highest BCUT2D eigenvalue weighted by Gasteiger charge is 2.22. The smallest absolute Gasteiger partial charge is 0.191 e. The molecule has 1 aliphatic rings. The Balaban J connectivity index is 1.56. The molecule has 5 heteroatoms.